The molecule has 0 saturated heterocycles. The van der Waals surface area contributed by atoms with E-state index in [4.69, 9.17) is 4.74 Å². The number of aliphatic imine (C=N–C) groups is 1. The Morgan fingerprint density at radius 3 is 2.64 bits per heavy atom. The minimum atomic E-state index is -0.692. The number of nitrogens with zero attached hydrogens (tertiary/aromatic N) is 1. The van der Waals surface area contributed by atoms with Gasteiger partial charge in [0.1, 0.15) is 0 Å². The summed E-state index contributed by atoms with van der Waals surface area (Å²) < 4.78 is 4.94. The molecule has 0 aliphatic heterocycles. The molecule has 0 N–H and O–H groups in total. The molecule has 0 radical (unpaired) electrons. The van der Waals surface area contributed by atoms with Crippen molar-refractivity contribution in [3.63, 3.8) is 0 Å². The minimum Gasteiger partial charge on any atom is -0.461 e. The van der Waals surface area contributed by atoms with Gasteiger partial charge in [-0.2, -0.15) is 16.8 Å². The van der Waals surface area contributed by atoms with E-state index in [0.29, 0.717) is 6.42 Å². The van der Waals surface area contributed by atoms with Gasteiger partial charge in [-0.3, -0.25) is 0 Å². The Morgan fingerprint density at radius 2 is 2.21 bits per heavy atom. The maximum absolute atomic E-state index is 11.3. The Labute approximate surface area is 88.1 Å². The first-order valence-corrected chi connectivity index (χ1v) is 5.77. The molecule has 0 amide bonds. The molecule has 0 rings (SSSR count). The molecule has 0 aliphatic rings. The molecule has 0 heterocycles. The summed E-state index contributed by atoms with van der Waals surface area (Å²) in [5.74, 6) is 0.320. The topological polar surface area (TPSA) is 55.7 Å². The van der Waals surface area contributed by atoms with E-state index < -0.39 is 12.0 Å². The molecule has 0 aromatic carbocycles. The minimum absolute atomic E-state index is 0.180. The molecule has 0 bridgehead atoms. The first kappa shape index (κ1) is 13.2. The Morgan fingerprint density at radius 1 is 1.57 bits per heavy atom. The van der Waals surface area contributed by atoms with Gasteiger partial charge < -0.3 is 4.74 Å². The number of hydrogen-bond acceptors (Lipinski definition) is 5. The molecule has 0 fully saturated rings. The molecule has 0 spiro atoms. The number of carbonyl (C=O) groups is 1. The van der Waals surface area contributed by atoms with Crippen LogP contribution in [0.1, 0.15) is 20.3 Å². The molecule has 4 nitrogen and oxygen atoms in total. The maximum atomic E-state index is 11.3. The van der Waals surface area contributed by atoms with Crippen molar-refractivity contribution < 1.29 is 14.3 Å². The predicted molar refractivity (Wildman–Crippen MR) is 56.1 cm³/mol. The average Bonchev–Trinajstić information content (AvgIpc) is 2.10. The lowest BCUT2D eigenvalue weighted by Gasteiger charge is -2.12. The van der Waals surface area contributed by atoms with Crippen LogP contribution in [0.2, 0.25) is 0 Å². The third kappa shape index (κ3) is 5.78. The van der Waals surface area contributed by atoms with E-state index in [1.54, 1.807) is 25.6 Å². The second kappa shape index (κ2) is 7.59. The van der Waals surface area contributed by atoms with E-state index >= 15 is 0 Å². The van der Waals surface area contributed by atoms with Crippen LogP contribution in [0.5, 0.6) is 0 Å². The van der Waals surface area contributed by atoms with Gasteiger partial charge in [0, 0.05) is 0 Å². The van der Waals surface area contributed by atoms with Crippen LogP contribution in [0.3, 0.4) is 0 Å². The number of ether oxygens (including phenoxy) is 1. The Kier molecular flexibility index (Phi) is 7.16. The lowest BCUT2D eigenvalue weighted by atomic mass is 10.2. The highest BCUT2D eigenvalue weighted by Gasteiger charge is 2.19. The molecular weight excluding hydrogens is 202 g/mol. The summed E-state index contributed by atoms with van der Waals surface area (Å²) in [6, 6.07) is -0.692. The fraction of sp³-hybridized carbons (Fsp3) is 0.778. The number of hydrogen-bond donors (Lipinski definition) is 0. The summed E-state index contributed by atoms with van der Waals surface area (Å²) in [7, 11) is 0. The van der Waals surface area contributed by atoms with Crippen LogP contribution in [-0.2, 0) is 14.3 Å². The van der Waals surface area contributed by atoms with E-state index in [-0.39, 0.29) is 6.10 Å². The zero-order valence-corrected chi connectivity index (χ0v) is 9.47. The largest absolute Gasteiger partial charge is 0.461 e. The van der Waals surface area contributed by atoms with E-state index in [1.165, 1.54) is 6.08 Å². The number of thioether (sulfide) groups is 1. The SMILES string of the molecule is CSCC[C@H](N=C=O)C(=O)OC(C)C. The normalized spacial score (nSPS) is 12.0. The van der Waals surface area contributed by atoms with Gasteiger partial charge >= 0.3 is 5.97 Å². The van der Waals surface area contributed by atoms with E-state index in [0.717, 1.165) is 5.75 Å². The second-order valence-electron chi connectivity index (χ2n) is 3.00. The highest BCUT2D eigenvalue weighted by molar-refractivity contribution is 7.98. The molecule has 0 saturated carbocycles. The van der Waals surface area contributed by atoms with Crippen molar-refractivity contribution in [2.75, 3.05) is 12.0 Å². The van der Waals surface area contributed by atoms with Crippen molar-refractivity contribution in [3.8, 4) is 0 Å². The monoisotopic (exact) mass is 217 g/mol. The standard InChI is InChI=1S/C9H15NO3S/c1-7(2)13-9(12)8(10-6-11)4-5-14-3/h7-8H,4-5H2,1-3H3/t8-/m0/s1. The van der Waals surface area contributed by atoms with E-state index in [9.17, 15) is 9.59 Å². The van der Waals surface area contributed by atoms with Crippen LogP contribution < -0.4 is 0 Å². The smallest absolute Gasteiger partial charge is 0.332 e. The van der Waals surface area contributed by atoms with Crippen molar-refractivity contribution >= 4 is 23.8 Å². The first-order valence-electron chi connectivity index (χ1n) is 4.38. The van der Waals surface area contributed by atoms with Gasteiger partial charge in [0.25, 0.3) is 0 Å². The Bertz CT molecular complexity index is 224. The van der Waals surface area contributed by atoms with Crippen LogP contribution in [-0.4, -0.2) is 36.2 Å². The summed E-state index contributed by atoms with van der Waals surface area (Å²) in [5.41, 5.74) is 0. The lowest BCUT2D eigenvalue weighted by Crippen LogP contribution is -2.25. The van der Waals surface area contributed by atoms with Gasteiger partial charge in [0.2, 0.25) is 6.08 Å². The fourth-order valence-corrected chi connectivity index (χ4v) is 1.30. The van der Waals surface area contributed by atoms with Gasteiger partial charge in [-0.15, -0.1) is 0 Å². The van der Waals surface area contributed by atoms with E-state index in [2.05, 4.69) is 4.99 Å². The molecule has 5 heteroatoms. The lowest BCUT2D eigenvalue weighted by molar-refractivity contribution is -0.148. The zero-order valence-electron chi connectivity index (χ0n) is 8.65. The quantitative estimate of drug-likeness (QED) is 0.383. The average molecular weight is 217 g/mol. The maximum Gasteiger partial charge on any atom is 0.332 e. The first-order chi connectivity index (χ1) is 6.61. The van der Waals surface area contributed by atoms with Crippen molar-refractivity contribution in [2.24, 2.45) is 4.99 Å². The third-order valence-corrected chi connectivity index (χ3v) is 2.07. The molecular formula is C9H15NO3S. The fourth-order valence-electron chi connectivity index (χ4n) is 0.839. The Hall–Kier alpha value is -0.800. The van der Waals surface area contributed by atoms with Crippen LogP contribution >= 0.6 is 11.8 Å². The molecule has 0 aromatic heterocycles. The summed E-state index contributed by atoms with van der Waals surface area (Å²) in [6.45, 7) is 3.52. The van der Waals surface area contributed by atoms with Gasteiger partial charge in [0.05, 0.1) is 6.10 Å². The molecule has 0 unspecified atom stereocenters. The molecule has 0 aromatic rings. The summed E-state index contributed by atoms with van der Waals surface area (Å²) >= 11 is 1.59. The summed E-state index contributed by atoms with van der Waals surface area (Å²) in [5, 5.41) is 0. The van der Waals surface area contributed by atoms with Gasteiger partial charge in [-0.25, -0.2) is 9.59 Å². The molecule has 14 heavy (non-hydrogen) atoms. The number of carbonyl (C=O) groups excluding carboxylic acids is 2. The summed E-state index contributed by atoms with van der Waals surface area (Å²) in [4.78, 5) is 24.8. The predicted octanol–water partition coefficient (Wildman–Crippen LogP) is 1.40. The van der Waals surface area contributed by atoms with Gasteiger partial charge in [0.15, 0.2) is 6.04 Å². The number of esters is 1. The Balaban J connectivity index is 4.18. The van der Waals surface area contributed by atoms with Crippen LogP contribution in [0, 0.1) is 0 Å². The zero-order chi connectivity index (χ0) is 11.0. The van der Waals surface area contributed by atoms with Crippen molar-refractivity contribution in [2.45, 2.75) is 32.4 Å². The number of rotatable bonds is 6. The van der Waals surface area contributed by atoms with Crippen LogP contribution in [0.15, 0.2) is 4.99 Å². The van der Waals surface area contributed by atoms with Crippen LogP contribution in [0.25, 0.3) is 0 Å². The molecule has 1 atom stereocenters. The van der Waals surface area contributed by atoms with Crippen LogP contribution in [0.4, 0.5) is 0 Å². The third-order valence-electron chi connectivity index (χ3n) is 1.43. The highest BCUT2D eigenvalue weighted by atomic mass is 32.2. The second-order valence-corrected chi connectivity index (χ2v) is 3.99. The van der Waals surface area contributed by atoms with Gasteiger partial charge in [-0.05, 0) is 32.3 Å². The van der Waals surface area contributed by atoms with Crippen molar-refractivity contribution in [3.05, 3.63) is 0 Å². The molecule has 80 valence electrons. The van der Waals surface area contributed by atoms with Crippen molar-refractivity contribution in [1.29, 1.82) is 0 Å². The summed E-state index contributed by atoms with van der Waals surface area (Å²) in [6.07, 6.45) is 3.66. The molecule has 0 aliphatic carbocycles. The highest BCUT2D eigenvalue weighted by Crippen LogP contribution is 2.07. The van der Waals surface area contributed by atoms with Gasteiger partial charge in [-0.1, -0.05) is 0 Å². The van der Waals surface area contributed by atoms with E-state index in [1.807, 2.05) is 6.26 Å². The number of isocyanates is 1. The van der Waals surface area contributed by atoms with Crippen molar-refractivity contribution in [1.82, 2.24) is 0 Å².